The first-order chi connectivity index (χ1) is 31.5. The molecule has 1 aliphatic heterocycles. The van der Waals surface area contributed by atoms with Crippen LogP contribution in [0.25, 0.3) is 44.2 Å². The van der Waals surface area contributed by atoms with E-state index in [9.17, 15) is 0 Å². The van der Waals surface area contributed by atoms with E-state index in [1.54, 1.807) is 0 Å². The number of para-hydroxylation sites is 1. The van der Waals surface area contributed by atoms with E-state index < -0.39 is 5.41 Å². The summed E-state index contributed by atoms with van der Waals surface area (Å²) in [6, 6.07) is 76.0. The van der Waals surface area contributed by atoms with Crippen molar-refractivity contribution in [2.24, 2.45) is 0 Å². The molecule has 9 aromatic carbocycles. The molecule has 3 aliphatic carbocycles. The largest absolute Gasteiger partial charge is 0.457 e. The van der Waals surface area contributed by atoms with Gasteiger partial charge in [0, 0.05) is 39.4 Å². The monoisotopic (exact) mass is 819 g/mol. The minimum absolute atomic E-state index is 0.0861. The highest BCUT2D eigenvalue weighted by molar-refractivity contribution is 6.05. The molecule has 2 nitrogen and oxygen atoms in total. The number of rotatable bonds is 5. The molecule has 0 bridgehead atoms. The SMILES string of the molecule is CC1(C)C2=CC(N(c3cccc(-c4ccc5c(c4)C4(c6ccccc6O5)c5ccccc5-c5ccccc54)c3)c3ccc4ccccc4c3-c3ccccc3)=CCC2c2ccccc21. The molecule has 1 heterocycles. The van der Waals surface area contributed by atoms with Crippen molar-refractivity contribution in [3.63, 3.8) is 0 Å². The molecule has 64 heavy (non-hydrogen) atoms. The van der Waals surface area contributed by atoms with Crippen LogP contribution in [0.15, 0.2) is 230 Å². The third kappa shape index (κ3) is 5.20. The fourth-order valence-electron chi connectivity index (χ4n) is 11.9. The summed E-state index contributed by atoms with van der Waals surface area (Å²) in [6.07, 6.45) is 5.94. The molecule has 0 aromatic heterocycles. The van der Waals surface area contributed by atoms with Crippen molar-refractivity contribution >= 4 is 22.1 Å². The van der Waals surface area contributed by atoms with Crippen molar-refractivity contribution in [2.75, 3.05) is 4.90 Å². The molecule has 304 valence electrons. The zero-order valence-corrected chi connectivity index (χ0v) is 35.9. The van der Waals surface area contributed by atoms with Gasteiger partial charge >= 0.3 is 0 Å². The summed E-state index contributed by atoms with van der Waals surface area (Å²) in [5.41, 5.74) is 19.4. The van der Waals surface area contributed by atoms with Crippen molar-refractivity contribution in [1.29, 1.82) is 0 Å². The maximum Gasteiger partial charge on any atom is 0.132 e. The lowest BCUT2D eigenvalue weighted by Crippen LogP contribution is -2.32. The second-order valence-electron chi connectivity index (χ2n) is 18.3. The van der Waals surface area contributed by atoms with Gasteiger partial charge in [-0.3, -0.25) is 0 Å². The first kappa shape index (κ1) is 36.9. The van der Waals surface area contributed by atoms with Gasteiger partial charge in [-0.1, -0.05) is 195 Å². The molecule has 0 saturated heterocycles. The second kappa shape index (κ2) is 13.9. The zero-order valence-electron chi connectivity index (χ0n) is 35.9. The van der Waals surface area contributed by atoms with E-state index in [-0.39, 0.29) is 5.41 Å². The molecule has 0 saturated carbocycles. The van der Waals surface area contributed by atoms with Crippen LogP contribution in [0.5, 0.6) is 11.5 Å². The van der Waals surface area contributed by atoms with Gasteiger partial charge in [-0.2, -0.15) is 0 Å². The second-order valence-corrected chi connectivity index (χ2v) is 18.3. The van der Waals surface area contributed by atoms with Crippen LogP contribution >= 0.6 is 0 Å². The predicted octanol–water partition coefficient (Wildman–Crippen LogP) is 16.1. The Kier molecular flexibility index (Phi) is 8.03. The average molecular weight is 820 g/mol. The molecule has 0 radical (unpaired) electrons. The maximum absolute atomic E-state index is 6.83. The van der Waals surface area contributed by atoms with Gasteiger partial charge < -0.3 is 9.64 Å². The number of fused-ring (bicyclic) bond motifs is 13. The Morgan fingerprint density at radius 2 is 1.14 bits per heavy atom. The van der Waals surface area contributed by atoms with Crippen LogP contribution in [-0.4, -0.2) is 0 Å². The van der Waals surface area contributed by atoms with Crippen molar-refractivity contribution < 1.29 is 4.74 Å². The lowest BCUT2D eigenvalue weighted by atomic mass is 9.66. The Bertz CT molecular complexity index is 3400. The average Bonchev–Trinajstić information content (AvgIpc) is 3.77. The molecule has 1 spiro atoms. The van der Waals surface area contributed by atoms with E-state index in [4.69, 9.17) is 4.74 Å². The summed E-state index contributed by atoms with van der Waals surface area (Å²) >= 11 is 0. The lowest BCUT2D eigenvalue weighted by Gasteiger charge is -2.39. The Balaban J connectivity index is 1.02. The Hall–Kier alpha value is -7.68. The minimum Gasteiger partial charge on any atom is -0.457 e. The highest BCUT2D eigenvalue weighted by Gasteiger charge is 2.51. The van der Waals surface area contributed by atoms with Gasteiger partial charge in [-0.15, -0.1) is 0 Å². The third-order valence-electron chi connectivity index (χ3n) is 14.7. The molecule has 1 unspecified atom stereocenters. The summed E-state index contributed by atoms with van der Waals surface area (Å²) in [4.78, 5) is 2.53. The summed E-state index contributed by atoms with van der Waals surface area (Å²) in [5, 5.41) is 2.46. The first-order valence-corrected chi connectivity index (χ1v) is 22.6. The number of ether oxygens (including phenoxy) is 1. The highest BCUT2D eigenvalue weighted by atomic mass is 16.5. The van der Waals surface area contributed by atoms with Gasteiger partial charge in [0.05, 0.1) is 11.1 Å². The van der Waals surface area contributed by atoms with Crippen LogP contribution in [0.2, 0.25) is 0 Å². The fourth-order valence-corrected chi connectivity index (χ4v) is 11.9. The Labute approximate surface area is 375 Å². The van der Waals surface area contributed by atoms with Crippen molar-refractivity contribution in [3.05, 3.63) is 263 Å². The fraction of sp³-hybridized carbons (Fsp3) is 0.0968. The first-order valence-electron chi connectivity index (χ1n) is 22.6. The van der Waals surface area contributed by atoms with E-state index >= 15 is 0 Å². The van der Waals surface area contributed by atoms with E-state index in [0.717, 1.165) is 46.0 Å². The van der Waals surface area contributed by atoms with Crippen molar-refractivity contribution in [1.82, 2.24) is 0 Å². The van der Waals surface area contributed by atoms with E-state index in [1.165, 1.54) is 72.1 Å². The predicted molar refractivity (Wildman–Crippen MR) is 264 cm³/mol. The normalized spacial score (nSPS) is 16.6. The number of anilines is 2. The Morgan fingerprint density at radius 1 is 0.500 bits per heavy atom. The molecule has 2 heteroatoms. The molecule has 9 aromatic rings. The van der Waals surface area contributed by atoms with Crippen LogP contribution in [0, 0.1) is 0 Å². The van der Waals surface area contributed by atoms with Crippen LogP contribution in [-0.2, 0) is 10.8 Å². The molecule has 0 fully saturated rings. The van der Waals surface area contributed by atoms with Crippen LogP contribution in [0.1, 0.15) is 59.6 Å². The highest BCUT2D eigenvalue weighted by Crippen LogP contribution is 2.62. The van der Waals surface area contributed by atoms with Gasteiger partial charge in [0.1, 0.15) is 11.5 Å². The van der Waals surface area contributed by atoms with Gasteiger partial charge in [0.2, 0.25) is 0 Å². The molecule has 4 aliphatic rings. The lowest BCUT2D eigenvalue weighted by molar-refractivity contribution is 0.436. The Morgan fingerprint density at radius 3 is 1.95 bits per heavy atom. The molecule has 0 N–H and O–H groups in total. The van der Waals surface area contributed by atoms with Gasteiger partial charge in [-0.25, -0.2) is 0 Å². The summed E-state index contributed by atoms with van der Waals surface area (Å²) in [6.45, 7) is 4.81. The van der Waals surface area contributed by atoms with Crippen molar-refractivity contribution in [2.45, 2.75) is 37.0 Å². The number of allylic oxidation sites excluding steroid dienone is 3. The minimum atomic E-state index is -0.534. The number of hydrogen-bond donors (Lipinski definition) is 0. The summed E-state index contributed by atoms with van der Waals surface area (Å²) in [7, 11) is 0. The van der Waals surface area contributed by atoms with Crippen LogP contribution in [0.3, 0.4) is 0 Å². The smallest absolute Gasteiger partial charge is 0.132 e. The topological polar surface area (TPSA) is 12.5 Å². The summed E-state index contributed by atoms with van der Waals surface area (Å²) in [5.74, 6) is 2.17. The van der Waals surface area contributed by atoms with Gasteiger partial charge in [-0.05, 0) is 110 Å². The van der Waals surface area contributed by atoms with Gasteiger partial charge in [0.25, 0.3) is 0 Å². The molecular weight excluding hydrogens is 775 g/mol. The quantitative estimate of drug-likeness (QED) is 0.171. The van der Waals surface area contributed by atoms with E-state index in [0.29, 0.717) is 5.92 Å². The van der Waals surface area contributed by atoms with Crippen LogP contribution < -0.4 is 9.64 Å². The molecule has 13 rings (SSSR count). The number of nitrogens with zero attached hydrogens (tertiary/aromatic N) is 1. The van der Waals surface area contributed by atoms with Crippen LogP contribution in [0.4, 0.5) is 11.4 Å². The van der Waals surface area contributed by atoms with E-state index in [1.807, 2.05) is 0 Å². The molecular formula is C62H45NO. The van der Waals surface area contributed by atoms with Gasteiger partial charge in [0.15, 0.2) is 0 Å². The zero-order chi connectivity index (χ0) is 42.6. The van der Waals surface area contributed by atoms with E-state index in [2.05, 4.69) is 237 Å². The van der Waals surface area contributed by atoms with Crippen molar-refractivity contribution in [3.8, 4) is 44.9 Å². The third-order valence-corrected chi connectivity index (χ3v) is 14.7. The summed E-state index contributed by atoms with van der Waals surface area (Å²) < 4.78 is 6.83. The standard InChI is InChI=1S/C62H45NO/c1-61(2)51-26-11-8-23-47(51)50-34-33-45(39-55(50)61)63(57-35-31-40-17-6-7-22-46(40)60(57)41-18-4-3-5-19-41)44-21-16-20-42(37-44)43-32-36-59-56(38-43)62(54-29-14-15-30-58(54)64-59)52-27-12-9-24-48(52)49-25-10-13-28-53(49)62/h3-33,35-39,50H,34H2,1-2H3. The molecule has 0 amide bonds. The number of benzene rings is 9. The number of hydrogen-bond acceptors (Lipinski definition) is 2. The molecule has 1 atom stereocenters. The maximum atomic E-state index is 6.83.